The van der Waals surface area contributed by atoms with E-state index in [1.165, 1.54) is 19.3 Å². The Kier molecular flexibility index (Phi) is 10.8. The molecule has 5 heteroatoms. The van der Waals surface area contributed by atoms with Gasteiger partial charge in [-0.05, 0) is 11.8 Å². The Bertz CT molecular complexity index is 91.6. The van der Waals surface area contributed by atoms with E-state index in [1.807, 2.05) is 0 Å². The van der Waals surface area contributed by atoms with Crippen LogP contribution < -0.4 is 0 Å². The fraction of sp³-hybridized carbons (Fsp3) is 1.00. The van der Waals surface area contributed by atoms with E-state index in [9.17, 15) is 0 Å². The Balaban J connectivity index is 0. The molecule has 0 atom stereocenters. The predicted octanol–water partition coefficient (Wildman–Crippen LogP) is 2.32. The largest absolute Gasteiger partial charge is 0.338 e. The van der Waals surface area contributed by atoms with E-state index in [-0.39, 0.29) is 0 Å². The summed E-state index contributed by atoms with van der Waals surface area (Å²) in [4.78, 5) is 15.7. The maximum absolute atomic E-state index is 7.87. The van der Waals surface area contributed by atoms with Crippen LogP contribution in [0.3, 0.4) is 0 Å². The maximum atomic E-state index is 7.87. The van der Waals surface area contributed by atoms with Crippen LogP contribution >= 0.6 is 17.9 Å². The molecule has 0 aliphatic heterocycles. The van der Waals surface area contributed by atoms with Crippen LogP contribution in [0.15, 0.2) is 0 Å². The van der Waals surface area contributed by atoms with E-state index in [1.54, 1.807) is 0 Å². The molecule has 0 aliphatic carbocycles. The molecule has 0 aromatic rings. The van der Waals surface area contributed by atoms with Crippen LogP contribution in [0.2, 0.25) is 0 Å². The molecule has 0 heterocycles. The zero-order chi connectivity index (χ0) is 8.62. The van der Waals surface area contributed by atoms with Gasteiger partial charge >= 0.3 is 0 Å². The summed E-state index contributed by atoms with van der Waals surface area (Å²) < 4.78 is 0. The molecule has 10 heavy (non-hydrogen) atoms. The van der Waals surface area contributed by atoms with Crippen LogP contribution in [-0.2, 0) is 11.8 Å². The van der Waals surface area contributed by atoms with Crippen LogP contribution in [0.4, 0.5) is 0 Å². The molecule has 0 bridgehead atoms. The summed E-state index contributed by atoms with van der Waals surface area (Å²) in [7, 11) is 0. The number of hydrogen-bond donors (Lipinski definition) is 3. The summed E-state index contributed by atoms with van der Waals surface area (Å²) in [6.07, 6.45) is 4.08. The first-order valence-electron chi connectivity index (χ1n) is 3.20. The average molecular weight is 202 g/mol. The second-order valence-electron chi connectivity index (χ2n) is 1.87. The Morgan fingerprint density at radius 1 is 1.30 bits per heavy atom. The van der Waals surface area contributed by atoms with Crippen molar-refractivity contribution in [2.45, 2.75) is 33.1 Å². The fourth-order valence-corrected chi connectivity index (χ4v) is 0.354. The summed E-state index contributed by atoms with van der Waals surface area (Å²) >= 11 is 7.07. The van der Waals surface area contributed by atoms with Gasteiger partial charge in [0.15, 0.2) is 0 Å². The highest BCUT2D eigenvalue weighted by atomic mass is 32.9. The number of rotatable bonds is 2. The van der Waals surface area contributed by atoms with Crippen molar-refractivity contribution in [3.8, 4) is 0 Å². The standard InChI is InChI=1S/C5H12.H3O2PS2/c1-3-5-4-2;1-3(2,4)5/h3-5H2,1-2H3;(H3,1,2,4,5). The van der Waals surface area contributed by atoms with Crippen molar-refractivity contribution in [2.24, 2.45) is 0 Å². The molecule has 0 aromatic heterocycles. The highest BCUT2D eigenvalue weighted by Gasteiger charge is 1.90. The monoisotopic (exact) mass is 202 g/mol. The lowest BCUT2D eigenvalue weighted by molar-refractivity contribution is 0.503. The van der Waals surface area contributed by atoms with Crippen LogP contribution in [0, 0.1) is 0 Å². The van der Waals surface area contributed by atoms with Gasteiger partial charge in [-0.1, -0.05) is 45.4 Å². The molecule has 0 aliphatic rings. The second kappa shape index (κ2) is 8.02. The first kappa shape index (κ1) is 13.5. The summed E-state index contributed by atoms with van der Waals surface area (Å²) in [5.41, 5.74) is -3.11. The van der Waals surface area contributed by atoms with Gasteiger partial charge in [-0.3, -0.25) is 0 Å². The third-order valence-corrected chi connectivity index (χ3v) is 0.707. The van der Waals surface area contributed by atoms with Crippen LogP contribution in [-0.4, -0.2) is 9.79 Å². The van der Waals surface area contributed by atoms with Gasteiger partial charge in [0.2, 0.25) is 5.69 Å². The predicted molar refractivity (Wildman–Crippen MR) is 52.9 cm³/mol. The normalized spacial score (nSPS) is 10.1. The van der Waals surface area contributed by atoms with Gasteiger partial charge in [-0.15, -0.1) is 0 Å². The molecule has 0 spiro atoms. The van der Waals surface area contributed by atoms with Gasteiger partial charge in [0.1, 0.15) is 0 Å². The average Bonchev–Trinajstić information content (AvgIpc) is 1.63. The molecule has 0 radical (unpaired) electrons. The van der Waals surface area contributed by atoms with Crippen molar-refractivity contribution in [1.29, 1.82) is 0 Å². The second-order valence-corrected chi connectivity index (χ2v) is 6.91. The number of hydrogen-bond acceptors (Lipinski definition) is 1. The zero-order valence-corrected chi connectivity index (χ0v) is 8.92. The molecule has 0 fully saturated rings. The Morgan fingerprint density at radius 2 is 1.50 bits per heavy atom. The Hall–Kier alpha value is 0.920. The minimum absolute atomic E-state index is 1.34. The lowest BCUT2D eigenvalue weighted by atomic mass is 10.3. The van der Waals surface area contributed by atoms with Crippen molar-refractivity contribution in [2.75, 3.05) is 0 Å². The molecular formula is C5H15O2PS2. The first-order chi connectivity index (χ1) is 4.41. The Morgan fingerprint density at radius 3 is 1.50 bits per heavy atom. The van der Waals surface area contributed by atoms with Crippen molar-refractivity contribution >= 4 is 29.7 Å². The molecule has 2 nitrogen and oxygen atoms in total. The van der Waals surface area contributed by atoms with Crippen LogP contribution in [0.5, 0.6) is 0 Å². The van der Waals surface area contributed by atoms with E-state index in [4.69, 9.17) is 9.79 Å². The van der Waals surface area contributed by atoms with Gasteiger partial charge in [0, 0.05) is 0 Å². The highest BCUT2D eigenvalue weighted by Crippen LogP contribution is 2.39. The lowest BCUT2D eigenvalue weighted by Crippen LogP contribution is -1.59. The summed E-state index contributed by atoms with van der Waals surface area (Å²) in [5.74, 6) is 0. The molecule has 0 amide bonds. The molecule has 0 saturated carbocycles. The fourth-order valence-electron chi connectivity index (χ4n) is 0.354. The maximum Gasteiger partial charge on any atom is 0.239 e. The molecule has 0 rings (SSSR count). The smallest absolute Gasteiger partial charge is 0.239 e. The SMILES string of the molecule is CCCCC.OP(O)(=S)S. The first-order valence-corrected chi connectivity index (χ1v) is 7.06. The number of unbranched alkanes of at least 4 members (excludes halogenated alkanes) is 2. The van der Waals surface area contributed by atoms with E-state index >= 15 is 0 Å². The topological polar surface area (TPSA) is 40.5 Å². The molecule has 0 aromatic carbocycles. The van der Waals surface area contributed by atoms with E-state index in [0.717, 1.165) is 0 Å². The van der Waals surface area contributed by atoms with Gasteiger partial charge in [0.05, 0.1) is 0 Å². The Labute approximate surface area is 73.0 Å². The van der Waals surface area contributed by atoms with Crippen molar-refractivity contribution < 1.29 is 9.79 Å². The minimum Gasteiger partial charge on any atom is -0.338 e. The molecule has 64 valence electrons. The highest BCUT2D eigenvalue weighted by molar-refractivity contribution is 8.59. The minimum atomic E-state index is -3.11. The van der Waals surface area contributed by atoms with Gasteiger partial charge in [-0.2, -0.15) is 0 Å². The summed E-state index contributed by atoms with van der Waals surface area (Å²) in [5, 5.41) is 0. The van der Waals surface area contributed by atoms with E-state index in [0.29, 0.717) is 0 Å². The molecule has 0 saturated heterocycles. The molecule has 2 N–H and O–H groups in total. The summed E-state index contributed by atoms with van der Waals surface area (Å²) in [6.45, 7) is 4.42. The lowest BCUT2D eigenvalue weighted by Gasteiger charge is -1.88. The van der Waals surface area contributed by atoms with Crippen LogP contribution in [0.25, 0.3) is 0 Å². The van der Waals surface area contributed by atoms with Crippen LogP contribution in [0.1, 0.15) is 33.1 Å². The van der Waals surface area contributed by atoms with E-state index in [2.05, 4.69) is 37.9 Å². The summed E-state index contributed by atoms with van der Waals surface area (Å²) in [6, 6.07) is 0. The van der Waals surface area contributed by atoms with E-state index < -0.39 is 5.69 Å². The number of thiol groups is 1. The van der Waals surface area contributed by atoms with Gasteiger partial charge in [0.25, 0.3) is 0 Å². The van der Waals surface area contributed by atoms with Crippen molar-refractivity contribution in [1.82, 2.24) is 0 Å². The third kappa shape index (κ3) is 65.6. The van der Waals surface area contributed by atoms with Gasteiger partial charge in [-0.25, -0.2) is 0 Å². The van der Waals surface area contributed by atoms with Gasteiger partial charge < -0.3 is 9.79 Å². The third-order valence-electron chi connectivity index (χ3n) is 0.707. The van der Waals surface area contributed by atoms with Crippen molar-refractivity contribution in [3.05, 3.63) is 0 Å². The molecular weight excluding hydrogens is 187 g/mol. The zero-order valence-electron chi connectivity index (χ0n) is 6.32. The molecule has 0 unspecified atom stereocenters. The van der Waals surface area contributed by atoms with Crippen molar-refractivity contribution in [3.63, 3.8) is 0 Å². The quantitative estimate of drug-likeness (QED) is 0.475.